The van der Waals surface area contributed by atoms with Crippen molar-refractivity contribution in [1.29, 1.82) is 0 Å². The lowest BCUT2D eigenvalue weighted by molar-refractivity contribution is 0.669. The van der Waals surface area contributed by atoms with Gasteiger partial charge >= 0.3 is 0 Å². The summed E-state index contributed by atoms with van der Waals surface area (Å²) in [5, 5.41) is 15.0. The van der Waals surface area contributed by atoms with Crippen molar-refractivity contribution in [3.8, 4) is 5.69 Å². The highest BCUT2D eigenvalue weighted by Gasteiger charge is 2.20. The van der Waals surface area contributed by atoms with Crippen LogP contribution in [0.4, 0.5) is 0 Å². The minimum Gasteiger partial charge on any atom is -0.456 e. The smallest absolute Gasteiger partial charge is 0.136 e. The van der Waals surface area contributed by atoms with Gasteiger partial charge in [0, 0.05) is 32.6 Å². The maximum atomic E-state index is 6.37. The Morgan fingerprint density at radius 2 is 0.976 bits per heavy atom. The first-order chi connectivity index (χ1) is 20.8. The van der Waals surface area contributed by atoms with Crippen LogP contribution in [0.5, 0.6) is 0 Å². The fourth-order valence-corrected chi connectivity index (χ4v) is 7.39. The van der Waals surface area contributed by atoms with E-state index < -0.39 is 0 Å². The molecule has 0 spiro atoms. The van der Waals surface area contributed by atoms with E-state index in [-0.39, 0.29) is 0 Å². The van der Waals surface area contributed by atoms with Crippen molar-refractivity contribution in [3.05, 3.63) is 140 Å². The van der Waals surface area contributed by atoms with Gasteiger partial charge in [0.1, 0.15) is 11.2 Å². The standard InChI is InChI=1S/C40H23NO/c1-3-11-27-24(9-1)17-20-32-37(27)29-13-5-6-14-30(29)39-31-15-7-8-16-34(31)41(40(32)39)26-19-22-35-33(23-26)38-28-12-4-2-10-25(28)18-21-36(38)42-35/h1-23H. The maximum absolute atomic E-state index is 6.37. The van der Waals surface area contributed by atoms with Gasteiger partial charge in [-0.15, -0.1) is 0 Å². The summed E-state index contributed by atoms with van der Waals surface area (Å²) in [6.45, 7) is 0. The second kappa shape index (κ2) is 7.99. The van der Waals surface area contributed by atoms with E-state index in [1.807, 2.05) is 0 Å². The summed E-state index contributed by atoms with van der Waals surface area (Å²) in [7, 11) is 0. The van der Waals surface area contributed by atoms with Crippen molar-refractivity contribution in [3.63, 3.8) is 0 Å². The first-order valence-electron chi connectivity index (χ1n) is 14.4. The second-order valence-corrected chi connectivity index (χ2v) is 11.3. The average molecular weight is 534 g/mol. The summed E-state index contributed by atoms with van der Waals surface area (Å²) >= 11 is 0. The van der Waals surface area contributed by atoms with Crippen molar-refractivity contribution in [2.45, 2.75) is 0 Å². The van der Waals surface area contributed by atoms with Crippen LogP contribution in [0.1, 0.15) is 0 Å². The number of para-hydroxylation sites is 1. The van der Waals surface area contributed by atoms with E-state index in [2.05, 4.69) is 144 Å². The van der Waals surface area contributed by atoms with Crippen LogP contribution in [0, 0.1) is 0 Å². The number of rotatable bonds is 1. The molecule has 0 aliphatic rings. The Balaban J connectivity index is 1.44. The Labute approximate surface area is 240 Å². The second-order valence-electron chi connectivity index (χ2n) is 11.3. The quantitative estimate of drug-likeness (QED) is 0.192. The maximum Gasteiger partial charge on any atom is 0.136 e. The van der Waals surface area contributed by atoms with E-state index in [1.165, 1.54) is 70.3 Å². The van der Waals surface area contributed by atoms with Gasteiger partial charge in [-0.25, -0.2) is 0 Å². The molecular weight excluding hydrogens is 510 g/mol. The number of aromatic nitrogens is 1. The Morgan fingerprint density at radius 3 is 1.76 bits per heavy atom. The zero-order valence-electron chi connectivity index (χ0n) is 22.6. The largest absolute Gasteiger partial charge is 0.456 e. The van der Waals surface area contributed by atoms with Crippen LogP contribution in [0.3, 0.4) is 0 Å². The molecule has 8 aromatic carbocycles. The van der Waals surface area contributed by atoms with Crippen LogP contribution in [-0.2, 0) is 0 Å². The molecule has 10 aromatic rings. The van der Waals surface area contributed by atoms with Gasteiger partial charge < -0.3 is 8.98 Å². The van der Waals surface area contributed by atoms with E-state index in [4.69, 9.17) is 4.42 Å². The zero-order valence-corrected chi connectivity index (χ0v) is 22.6. The van der Waals surface area contributed by atoms with Crippen LogP contribution >= 0.6 is 0 Å². The van der Waals surface area contributed by atoms with Crippen molar-refractivity contribution >= 4 is 86.8 Å². The highest BCUT2D eigenvalue weighted by Crippen LogP contribution is 2.45. The van der Waals surface area contributed by atoms with Crippen molar-refractivity contribution < 1.29 is 4.42 Å². The number of fused-ring (bicyclic) bond motifs is 15. The van der Waals surface area contributed by atoms with Crippen LogP contribution < -0.4 is 0 Å². The van der Waals surface area contributed by atoms with E-state index in [1.54, 1.807) is 0 Å². The molecule has 42 heavy (non-hydrogen) atoms. The van der Waals surface area contributed by atoms with E-state index in [0.717, 1.165) is 22.2 Å². The monoisotopic (exact) mass is 533 g/mol. The van der Waals surface area contributed by atoms with Crippen LogP contribution in [0.25, 0.3) is 92.5 Å². The lowest BCUT2D eigenvalue weighted by Crippen LogP contribution is -1.95. The Hall–Kier alpha value is -5.60. The van der Waals surface area contributed by atoms with Gasteiger partial charge in [-0.3, -0.25) is 0 Å². The number of hydrogen-bond donors (Lipinski definition) is 0. The molecule has 0 atom stereocenters. The molecule has 0 fully saturated rings. The van der Waals surface area contributed by atoms with E-state index in [0.29, 0.717) is 0 Å². The summed E-state index contributed by atoms with van der Waals surface area (Å²) in [6, 6.07) is 50.6. The van der Waals surface area contributed by atoms with Crippen LogP contribution in [-0.4, -0.2) is 4.57 Å². The summed E-state index contributed by atoms with van der Waals surface area (Å²) in [4.78, 5) is 0. The molecule has 194 valence electrons. The molecule has 0 aliphatic heterocycles. The lowest BCUT2D eigenvalue weighted by atomic mass is 9.93. The highest BCUT2D eigenvalue weighted by molar-refractivity contribution is 6.36. The molecule has 0 N–H and O–H groups in total. The van der Waals surface area contributed by atoms with Crippen molar-refractivity contribution in [2.24, 2.45) is 0 Å². The lowest BCUT2D eigenvalue weighted by Gasteiger charge is -2.14. The van der Waals surface area contributed by atoms with Gasteiger partial charge in [0.2, 0.25) is 0 Å². The average Bonchev–Trinajstić information content (AvgIpc) is 3.61. The summed E-state index contributed by atoms with van der Waals surface area (Å²) < 4.78 is 8.84. The topological polar surface area (TPSA) is 18.1 Å². The molecule has 2 nitrogen and oxygen atoms in total. The van der Waals surface area contributed by atoms with Crippen LogP contribution in [0.15, 0.2) is 144 Å². The summed E-state index contributed by atoms with van der Waals surface area (Å²) in [6.07, 6.45) is 0. The molecule has 0 saturated carbocycles. The van der Waals surface area contributed by atoms with Crippen molar-refractivity contribution in [2.75, 3.05) is 0 Å². The van der Waals surface area contributed by atoms with Gasteiger partial charge in [0.05, 0.1) is 11.0 Å². The van der Waals surface area contributed by atoms with Gasteiger partial charge in [-0.2, -0.15) is 0 Å². The minimum absolute atomic E-state index is 0.909. The molecule has 2 heterocycles. The number of hydrogen-bond acceptors (Lipinski definition) is 1. The summed E-state index contributed by atoms with van der Waals surface area (Å²) in [5.41, 5.74) is 5.41. The molecule has 0 unspecified atom stereocenters. The van der Waals surface area contributed by atoms with Crippen molar-refractivity contribution in [1.82, 2.24) is 4.57 Å². The molecule has 0 amide bonds. The molecule has 0 aliphatic carbocycles. The number of benzene rings is 8. The third-order valence-corrected chi connectivity index (χ3v) is 9.13. The minimum atomic E-state index is 0.909. The van der Waals surface area contributed by atoms with E-state index >= 15 is 0 Å². The van der Waals surface area contributed by atoms with Gasteiger partial charge in [0.15, 0.2) is 0 Å². The highest BCUT2D eigenvalue weighted by atomic mass is 16.3. The Morgan fingerprint density at radius 1 is 0.381 bits per heavy atom. The molecule has 0 radical (unpaired) electrons. The van der Waals surface area contributed by atoms with Gasteiger partial charge in [-0.1, -0.05) is 109 Å². The first kappa shape index (κ1) is 22.1. The fraction of sp³-hybridized carbons (Fsp3) is 0. The van der Waals surface area contributed by atoms with E-state index in [9.17, 15) is 0 Å². The Kier molecular flexibility index (Phi) is 4.21. The molecule has 0 bridgehead atoms. The molecule has 10 rings (SSSR count). The normalized spacial score (nSPS) is 12.3. The number of nitrogens with zero attached hydrogens (tertiary/aromatic N) is 1. The first-order valence-corrected chi connectivity index (χ1v) is 14.4. The fourth-order valence-electron chi connectivity index (χ4n) is 7.39. The zero-order chi connectivity index (χ0) is 27.4. The summed E-state index contributed by atoms with van der Waals surface area (Å²) in [5.74, 6) is 0. The molecular formula is C40H23NO. The SMILES string of the molecule is c1ccc2c(c1)ccc1oc3ccc(-n4c5ccccc5c5c6ccccc6c6c7ccccc7ccc6c54)cc3c12. The molecule has 2 aromatic heterocycles. The number of furan rings is 1. The molecule has 2 heteroatoms. The Bertz CT molecular complexity index is 2740. The molecule has 0 saturated heterocycles. The third-order valence-electron chi connectivity index (χ3n) is 9.13. The predicted molar refractivity (Wildman–Crippen MR) is 178 cm³/mol. The predicted octanol–water partition coefficient (Wildman–Crippen LogP) is 11.3. The third kappa shape index (κ3) is 2.78. The van der Waals surface area contributed by atoms with Gasteiger partial charge in [0.25, 0.3) is 0 Å². The van der Waals surface area contributed by atoms with Gasteiger partial charge in [-0.05, 0) is 68.0 Å². The van der Waals surface area contributed by atoms with Crippen LogP contribution in [0.2, 0.25) is 0 Å².